The Labute approximate surface area is 220 Å². The van der Waals surface area contributed by atoms with E-state index in [1.807, 2.05) is 0 Å². The van der Waals surface area contributed by atoms with E-state index in [2.05, 4.69) is 106 Å². The molecule has 1 aliphatic carbocycles. The van der Waals surface area contributed by atoms with Crippen LogP contribution in [-0.4, -0.2) is 25.0 Å². The normalized spacial score (nSPS) is 20.8. The second-order valence-electron chi connectivity index (χ2n) is 12.2. The van der Waals surface area contributed by atoms with Gasteiger partial charge in [0.2, 0.25) is 0 Å². The first-order valence-corrected chi connectivity index (χ1v) is 16.9. The predicted octanol–water partition coefficient (Wildman–Crippen LogP) is 8.76. The topological polar surface area (TPSA) is 29.5 Å². The second-order valence-corrected chi connectivity index (χ2v) is 16.9. The molecule has 194 valence electrons. The quantitative estimate of drug-likeness (QED) is 0.337. The van der Waals surface area contributed by atoms with Crippen molar-refractivity contribution in [3.63, 3.8) is 0 Å². The van der Waals surface area contributed by atoms with Crippen molar-refractivity contribution in [1.29, 1.82) is 0 Å². The Morgan fingerprint density at radius 3 is 2.14 bits per heavy atom. The summed E-state index contributed by atoms with van der Waals surface area (Å²) in [5.41, 5.74) is 4.89. The fourth-order valence-electron chi connectivity index (χ4n) is 5.71. The third-order valence-electron chi connectivity index (χ3n) is 8.64. The van der Waals surface area contributed by atoms with Gasteiger partial charge in [-0.2, -0.15) is 0 Å². The van der Waals surface area contributed by atoms with Crippen molar-refractivity contribution >= 4 is 14.1 Å². The predicted molar refractivity (Wildman–Crippen MR) is 152 cm³/mol. The van der Waals surface area contributed by atoms with Crippen LogP contribution in [-0.2, 0) is 9.22 Å². The summed E-state index contributed by atoms with van der Waals surface area (Å²) in [6, 6.07) is 22.2. The van der Waals surface area contributed by atoms with Crippen LogP contribution in [0.25, 0.3) is 0 Å². The molecule has 4 heteroatoms. The fourth-order valence-corrected chi connectivity index (χ4v) is 6.97. The van der Waals surface area contributed by atoms with Gasteiger partial charge in [-0.1, -0.05) is 94.8 Å². The number of ketones is 1. The minimum Gasteiger partial charge on any atom is -0.407 e. The molecule has 0 saturated heterocycles. The van der Waals surface area contributed by atoms with Crippen molar-refractivity contribution in [3.8, 4) is 0 Å². The first-order chi connectivity index (χ1) is 17.1. The summed E-state index contributed by atoms with van der Waals surface area (Å²) >= 11 is 0. The van der Waals surface area contributed by atoms with E-state index in [4.69, 9.17) is 4.43 Å². The fraction of sp³-hybridized carbons (Fsp3) is 0.531. The molecule has 0 N–H and O–H groups in total. The maximum atomic E-state index is 13.1. The lowest BCUT2D eigenvalue weighted by Gasteiger charge is -2.51. The van der Waals surface area contributed by atoms with Crippen LogP contribution in [0.3, 0.4) is 0 Å². The number of hydrogen-bond acceptors (Lipinski definition) is 3. The van der Waals surface area contributed by atoms with Gasteiger partial charge < -0.3 is 9.33 Å². The summed E-state index contributed by atoms with van der Waals surface area (Å²) in [7, 11) is -2.12. The molecule has 0 spiro atoms. The zero-order valence-corrected chi connectivity index (χ0v) is 24.2. The van der Waals surface area contributed by atoms with Crippen molar-refractivity contribution in [1.82, 2.24) is 4.90 Å². The third kappa shape index (κ3) is 5.55. The molecule has 2 aliphatic rings. The van der Waals surface area contributed by atoms with Gasteiger partial charge >= 0.3 is 0 Å². The second kappa shape index (κ2) is 11.1. The van der Waals surface area contributed by atoms with E-state index in [1.54, 1.807) is 0 Å². The molecule has 0 saturated carbocycles. The maximum Gasteiger partial charge on any atom is 0.193 e. The van der Waals surface area contributed by atoms with Gasteiger partial charge in [0.15, 0.2) is 14.1 Å². The van der Waals surface area contributed by atoms with Crippen LogP contribution in [0, 0.1) is 0 Å². The standard InChI is InChI=1S/C32H45NO2Si/c1-7-15-26-22-23-27-28(20-14-21-29(27)34)33(26)30(24-16-10-8-11-17-24)31(25-18-12-9-13-19-25)35-36(5,6)32(2,3)4/h8-13,16-19,26,30-31H,7,14-15,20-23H2,1-6H3/t26-,30-,31+/m0/s1. The molecule has 0 amide bonds. The van der Waals surface area contributed by atoms with Gasteiger partial charge in [0.25, 0.3) is 0 Å². The zero-order chi connectivity index (χ0) is 25.9. The molecule has 3 nitrogen and oxygen atoms in total. The van der Waals surface area contributed by atoms with Crippen LogP contribution < -0.4 is 0 Å². The number of rotatable bonds is 8. The van der Waals surface area contributed by atoms with Crippen LogP contribution in [0.5, 0.6) is 0 Å². The van der Waals surface area contributed by atoms with Gasteiger partial charge in [0.1, 0.15) is 0 Å². The lowest BCUT2D eigenvalue weighted by Crippen LogP contribution is -2.48. The SMILES string of the molecule is CCC[C@H]1CCC2=C(CCCC2=O)N1[C@@H](c1ccccc1)[C@H](O[Si](C)(C)C(C)(C)C)c1ccccc1. The molecular formula is C32H45NO2Si. The minimum atomic E-state index is -2.12. The van der Waals surface area contributed by atoms with Gasteiger partial charge in [-0.05, 0) is 61.4 Å². The van der Waals surface area contributed by atoms with E-state index in [0.29, 0.717) is 18.2 Å². The van der Waals surface area contributed by atoms with Crippen LogP contribution in [0.1, 0.15) is 95.9 Å². The summed E-state index contributed by atoms with van der Waals surface area (Å²) in [6.07, 6.45) is 6.77. The van der Waals surface area contributed by atoms with E-state index < -0.39 is 8.32 Å². The Morgan fingerprint density at radius 2 is 1.56 bits per heavy atom. The summed E-state index contributed by atoms with van der Waals surface area (Å²) in [6.45, 7) is 14.0. The van der Waals surface area contributed by atoms with Gasteiger partial charge in [-0.3, -0.25) is 4.79 Å². The third-order valence-corrected chi connectivity index (χ3v) is 13.1. The molecule has 1 aliphatic heterocycles. The average molecular weight is 504 g/mol. The molecule has 4 rings (SSSR count). The first kappa shape index (κ1) is 26.9. The van der Waals surface area contributed by atoms with E-state index in [-0.39, 0.29) is 17.2 Å². The van der Waals surface area contributed by atoms with Crippen molar-refractivity contribution in [2.24, 2.45) is 0 Å². The van der Waals surface area contributed by atoms with Gasteiger partial charge in [-0.15, -0.1) is 0 Å². The molecule has 1 heterocycles. The number of carbonyl (C=O) groups excluding carboxylic acids is 1. The lowest BCUT2D eigenvalue weighted by atomic mass is 9.81. The maximum absolute atomic E-state index is 13.1. The average Bonchev–Trinajstić information content (AvgIpc) is 2.85. The highest BCUT2D eigenvalue weighted by atomic mass is 28.4. The van der Waals surface area contributed by atoms with Crippen LogP contribution in [0.15, 0.2) is 71.9 Å². The molecule has 0 fully saturated rings. The van der Waals surface area contributed by atoms with E-state index in [9.17, 15) is 4.79 Å². The lowest BCUT2D eigenvalue weighted by molar-refractivity contribution is -0.117. The Bertz CT molecular complexity index is 1050. The first-order valence-electron chi connectivity index (χ1n) is 14.0. The Morgan fingerprint density at radius 1 is 0.944 bits per heavy atom. The van der Waals surface area contributed by atoms with Crippen LogP contribution in [0.2, 0.25) is 18.1 Å². The molecular weight excluding hydrogens is 458 g/mol. The number of Topliss-reactive ketones (excluding diaryl/α,β-unsaturated/α-hetero) is 1. The number of allylic oxidation sites excluding steroid dienone is 2. The largest absolute Gasteiger partial charge is 0.407 e. The number of hydrogen-bond donors (Lipinski definition) is 0. The number of carbonyl (C=O) groups is 1. The molecule has 0 bridgehead atoms. The summed E-state index contributed by atoms with van der Waals surface area (Å²) in [4.78, 5) is 15.8. The van der Waals surface area contributed by atoms with Gasteiger partial charge in [-0.25, -0.2) is 0 Å². The van der Waals surface area contributed by atoms with Crippen molar-refractivity contribution in [3.05, 3.63) is 83.1 Å². The smallest absolute Gasteiger partial charge is 0.193 e. The number of benzene rings is 2. The Balaban J connectivity index is 1.93. The highest BCUT2D eigenvalue weighted by molar-refractivity contribution is 6.74. The highest BCUT2D eigenvalue weighted by Gasteiger charge is 2.45. The number of nitrogens with zero attached hydrogens (tertiary/aromatic N) is 1. The molecule has 0 aromatic heterocycles. The molecule has 2 aromatic rings. The monoisotopic (exact) mass is 503 g/mol. The summed E-state index contributed by atoms with van der Waals surface area (Å²) in [5, 5.41) is 0.0945. The van der Waals surface area contributed by atoms with E-state index in [0.717, 1.165) is 44.1 Å². The Hall–Kier alpha value is -2.17. The van der Waals surface area contributed by atoms with Crippen LogP contribution in [0.4, 0.5) is 0 Å². The summed E-state index contributed by atoms with van der Waals surface area (Å²) in [5.74, 6) is 0.365. The summed E-state index contributed by atoms with van der Waals surface area (Å²) < 4.78 is 7.38. The van der Waals surface area contributed by atoms with Crippen LogP contribution >= 0.6 is 0 Å². The van der Waals surface area contributed by atoms with Crippen molar-refractivity contribution in [2.75, 3.05) is 0 Å². The molecule has 3 atom stereocenters. The van der Waals surface area contributed by atoms with Gasteiger partial charge in [0.05, 0.1) is 12.1 Å². The molecule has 2 aromatic carbocycles. The molecule has 0 radical (unpaired) electrons. The van der Waals surface area contributed by atoms with Crippen molar-refractivity contribution < 1.29 is 9.22 Å². The van der Waals surface area contributed by atoms with Gasteiger partial charge in [0, 0.05) is 23.7 Å². The zero-order valence-electron chi connectivity index (χ0n) is 23.2. The minimum absolute atomic E-state index is 0.0236. The Kier molecular flexibility index (Phi) is 8.26. The molecule has 0 unspecified atom stereocenters. The highest BCUT2D eigenvalue weighted by Crippen LogP contribution is 2.50. The van der Waals surface area contributed by atoms with E-state index in [1.165, 1.54) is 16.8 Å². The van der Waals surface area contributed by atoms with Crippen molar-refractivity contribution in [2.45, 2.75) is 109 Å². The van der Waals surface area contributed by atoms with E-state index >= 15 is 0 Å². The molecule has 36 heavy (non-hydrogen) atoms.